The number of rotatable bonds is 8. The minimum atomic E-state index is -0.473. The lowest BCUT2D eigenvalue weighted by molar-refractivity contribution is 0.168. The third-order valence-corrected chi connectivity index (χ3v) is 8.63. The average molecular weight is 519 g/mol. The number of hydrogen-bond acceptors (Lipinski definition) is 3. The maximum absolute atomic E-state index is 10.8. The third kappa shape index (κ3) is 3.78. The van der Waals surface area contributed by atoms with E-state index in [1.54, 1.807) is 0 Å². The van der Waals surface area contributed by atoms with E-state index in [-0.39, 0.29) is 0 Å². The lowest BCUT2D eigenvalue weighted by Crippen LogP contribution is -2.35. The summed E-state index contributed by atoms with van der Waals surface area (Å²) in [6, 6.07) is 39.7. The standard InChI is InChI=1S/C37H30N2O/c40-31(21-38-19-29-13-11-27-9-7-23-3-1-5-25-15-17-32(29)36(27)34(23)25)22-39-20-30-14-12-28-10-8-24-4-2-6-26-16-18-33(30)37(28)35(24)26/h1-18,31,38-40H,19-22H2. The van der Waals surface area contributed by atoms with Crippen LogP contribution in [0.1, 0.15) is 11.1 Å². The van der Waals surface area contributed by atoms with E-state index in [4.69, 9.17) is 0 Å². The van der Waals surface area contributed by atoms with Gasteiger partial charge in [-0.2, -0.15) is 0 Å². The summed E-state index contributed by atoms with van der Waals surface area (Å²) >= 11 is 0. The molecule has 0 fully saturated rings. The molecular weight excluding hydrogens is 488 g/mol. The predicted molar refractivity (Wildman–Crippen MR) is 170 cm³/mol. The average Bonchev–Trinajstić information content (AvgIpc) is 3.00. The molecule has 0 unspecified atom stereocenters. The van der Waals surface area contributed by atoms with Crippen LogP contribution in [-0.4, -0.2) is 24.3 Å². The second-order valence-corrected chi connectivity index (χ2v) is 11.1. The van der Waals surface area contributed by atoms with Gasteiger partial charge in [0.15, 0.2) is 0 Å². The van der Waals surface area contributed by atoms with E-state index < -0.39 is 6.10 Å². The molecule has 0 saturated carbocycles. The van der Waals surface area contributed by atoms with Crippen molar-refractivity contribution in [1.29, 1.82) is 0 Å². The fourth-order valence-corrected chi connectivity index (χ4v) is 6.72. The molecule has 40 heavy (non-hydrogen) atoms. The van der Waals surface area contributed by atoms with Gasteiger partial charge in [0.2, 0.25) is 0 Å². The van der Waals surface area contributed by atoms with Crippen molar-refractivity contribution in [2.24, 2.45) is 0 Å². The highest BCUT2D eigenvalue weighted by atomic mass is 16.3. The molecule has 0 saturated heterocycles. The van der Waals surface area contributed by atoms with Gasteiger partial charge in [0.25, 0.3) is 0 Å². The van der Waals surface area contributed by atoms with Crippen molar-refractivity contribution in [3.05, 3.63) is 120 Å². The largest absolute Gasteiger partial charge is 0.390 e. The molecule has 0 bridgehead atoms. The molecule has 0 atom stereocenters. The molecule has 0 amide bonds. The molecular formula is C37H30N2O. The fourth-order valence-electron chi connectivity index (χ4n) is 6.72. The third-order valence-electron chi connectivity index (χ3n) is 8.63. The van der Waals surface area contributed by atoms with Crippen LogP contribution in [0.3, 0.4) is 0 Å². The predicted octanol–water partition coefficient (Wildman–Crippen LogP) is 7.72. The molecule has 3 heteroatoms. The Labute approximate surface area is 232 Å². The quantitative estimate of drug-likeness (QED) is 0.180. The minimum absolute atomic E-state index is 0.473. The zero-order valence-corrected chi connectivity index (χ0v) is 22.2. The Kier molecular flexibility index (Phi) is 5.56. The molecule has 0 radical (unpaired) electrons. The van der Waals surface area contributed by atoms with Crippen LogP contribution >= 0.6 is 0 Å². The van der Waals surface area contributed by atoms with Crippen molar-refractivity contribution in [2.45, 2.75) is 19.2 Å². The number of benzene rings is 8. The summed E-state index contributed by atoms with van der Waals surface area (Å²) in [5.74, 6) is 0. The van der Waals surface area contributed by atoms with Gasteiger partial charge in [-0.1, -0.05) is 109 Å². The normalized spacial score (nSPS) is 12.4. The Balaban J connectivity index is 0.951. The number of nitrogens with one attached hydrogen (secondary N) is 2. The Morgan fingerprint density at radius 1 is 0.425 bits per heavy atom. The maximum atomic E-state index is 10.8. The van der Waals surface area contributed by atoms with Crippen LogP contribution in [0.5, 0.6) is 0 Å². The summed E-state index contributed by atoms with van der Waals surface area (Å²) in [4.78, 5) is 0. The summed E-state index contributed by atoms with van der Waals surface area (Å²) in [6.45, 7) is 2.52. The Morgan fingerprint density at radius 2 is 0.775 bits per heavy atom. The summed E-state index contributed by atoms with van der Waals surface area (Å²) in [6.07, 6.45) is -0.473. The molecule has 0 heterocycles. The molecule has 194 valence electrons. The Morgan fingerprint density at radius 3 is 1.20 bits per heavy atom. The first-order valence-corrected chi connectivity index (χ1v) is 14.1. The first-order chi connectivity index (χ1) is 19.7. The lowest BCUT2D eigenvalue weighted by atomic mass is 9.92. The first kappa shape index (κ1) is 23.6. The van der Waals surface area contributed by atoms with Crippen molar-refractivity contribution in [3.8, 4) is 0 Å². The van der Waals surface area contributed by atoms with Crippen molar-refractivity contribution in [1.82, 2.24) is 10.6 Å². The van der Waals surface area contributed by atoms with E-state index in [2.05, 4.69) is 120 Å². The van der Waals surface area contributed by atoms with Crippen LogP contribution < -0.4 is 10.6 Å². The molecule has 3 nitrogen and oxygen atoms in total. The molecule has 0 spiro atoms. The highest BCUT2D eigenvalue weighted by Crippen LogP contribution is 2.37. The topological polar surface area (TPSA) is 44.3 Å². The van der Waals surface area contributed by atoms with Crippen molar-refractivity contribution in [3.63, 3.8) is 0 Å². The molecule has 0 aromatic heterocycles. The molecule has 8 aromatic carbocycles. The zero-order chi connectivity index (χ0) is 26.6. The lowest BCUT2D eigenvalue weighted by Gasteiger charge is -2.17. The Hall–Kier alpha value is -4.28. The van der Waals surface area contributed by atoms with Gasteiger partial charge >= 0.3 is 0 Å². The van der Waals surface area contributed by atoms with Crippen molar-refractivity contribution in [2.75, 3.05) is 13.1 Å². The SMILES string of the molecule is OC(CNCc1ccc2ccc3cccc4ccc1c2c34)CNCc1ccc2ccc3cccc4ccc1c2c34. The highest BCUT2D eigenvalue weighted by Gasteiger charge is 2.13. The van der Waals surface area contributed by atoms with Gasteiger partial charge in [0.05, 0.1) is 6.10 Å². The van der Waals surface area contributed by atoms with Gasteiger partial charge in [-0.05, 0) is 75.8 Å². The fraction of sp³-hybridized carbons (Fsp3) is 0.135. The summed E-state index contributed by atoms with van der Waals surface area (Å²) in [5, 5.41) is 33.4. The van der Waals surface area contributed by atoms with Gasteiger partial charge in [0.1, 0.15) is 0 Å². The molecule has 0 aliphatic heterocycles. The minimum Gasteiger partial charge on any atom is -0.390 e. The van der Waals surface area contributed by atoms with Gasteiger partial charge in [-0.15, -0.1) is 0 Å². The van der Waals surface area contributed by atoms with E-state index in [1.165, 1.54) is 75.8 Å². The van der Waals surface area contributed by atoms with Crippen LogP contribution in [-0.2, 0) is 13.1 Å². The van der Waals surface area contributed by atoms with Crippen LogP contribution in [0.15, 0.2) is 109 Å². The summed E-state index contributed by atoms with van der Waals surface area (Å²) in [5.41, 5.74) is 2.53. The molecule has 0 aliphatic rings. The molecule has 3 N–H and O–H groups in total. The van der Waals surface area contributed by atoms with E-state index in [0.29, 0.717) is 13.1 Å². The first-order valence-electron chi connectivity index (χ1n) is 14.1. The summed E-state index contributed by atoms with van der Waals surface area (Å²) in [7, 11) is 0. The molecule has 8 aromatic rings. The number of hydrogen-bond donors (Lipinski definition) is 3. The van der Waals surface area contributed by atoms with Gasteiger partial charge in [-0.25, -0.2) is 0 Å². The van der Waals surface area contributed by atoms with E-state index >= 15 is 0 Å². The van der Waals surface area contributed by atoms with Crippen LogP contribution in [0, 0.1) is 0 Å². The number of aliphatic hydroxyl groups is 1. The van der Waals surface area contributed by atoms with Crippen molar-refractivity contribution < 1.29 is 5.11 Å². The molecule has 0 aliphatic carbocycles. The second-order valence-electron chi connectivity index (χ2n) is 11.1. The Bertz CT molecular complexity index is 1960. The second kappa shape index (κ2) is 9.42. The van der Waals surface area contributed by atoms with E-state index in [1.807, 2.05) is 0 Å². The zero-order valence-electron chi connectivity index (χ0n) is 22.2. The van der Waals surface area contributed by atoms with Gasteiger partial charge < -0.3 is 15.7 Å². The van der Waals surface area contributed by atoms with Gasteiger partial charge in [0, 0.05) is 26.2 Å². The highest BCUT2D eigenvalue weighted by molar-refractivity contribution is 6.24. The van der Waals surface area contributed by atoms with Crippen molar-refractivity contribution >= 4 is 64.6 Å². The summed E-state index contributed by atoms with van der Waals surface area (Å²) < 4.78 is 0. The maximum Gasteiger partial charge on any atom is 0.0788 e. The monoisotopic (exact) mass is 518 g/mol. The molecule has 8 rings (SSSR count). The van der Waals surface area contributed by atoms with Crippen LogP contribution in [0.25, 0.3) is 64.6 Å². The smallest absolute Gasteiger partial charge is 0.0788 e. The van der Waals surface area contributed by atoms with Crippen LogP contribution in [0.2, 0.25) is 0 Å². The van der Waals surface area contributed by atoms with E-state index in [9.17, 15) is 5.11 Å². The van der Waals surface area contributed by atoms with Crippen LogP contribution in [0.4, 0.5) is 0 Å². The van der Waals surface area contributed by atoms with Gasteiger partial charge in [-0.3, -0.25) is 0 Å². The number of aliphatic hydroxyl groups excluding tert-OH is 1. The van der Waals surface area contributed by atoms with E-state index in [0.717, 1.165) is 13.1 Å².